The minimum absolute atomic E-state index is 0.859. The van der Waals surface area contributed by atoms with Crippen molar-refractivity contribution in [2.24, 2.45) is 0 Å². The number of fused-ring (bicyclic) bond motifs is 2. The highest BCUT2D eigenvalue weighted by Crippen LogP contribution is 2.36. The van der Waals surface area contributed by atoms with Gasteiger partial charge in [-0.2, -0.15) is 5.10 Å². The van der Waals surface area contributed by atoms with Crippen LogP contribution in [0, 0.1) is 6.92 Å². The van der Waals surface area contributed by atoms with Gasteiger partial charge < -0.3 is 4.98 Å². The Bertz CT molecular complexity index is 1510. The maximum Gasteiger partial charge on any atom is 0.138 e. The van der Waals surface area contributed by atoms with Gasteiger partial charge >= 0.3 is 0 Å². The number of thiophene rings is 1. The minimum Gasteiger partial charge on any atom is -0.338 e. The van der Waals surface area contributed by atoms with Crippen LogP contribution in [0.5, 0.6) is 0 Å². The first-order valence-corrected chi connectivity index (χ1v) is 10.4. The molecule has 6 aromatic rings. The number of nitrogens with zero attached hydrogens (tertiary/aromatic N) is 4. The van der Waals surface area contributed by atoms with Gasteiger partial charge in [-0.1, -0.05) is 6.07 Å². The van der Waals surface area contributed by atoms with Crippen LogP contribution in [0.4, 0.5) is 0 Å². The van der Waals surface area contributed by atoms with Gasteiger partial charge in [0.1, 0.15) is 17.7 Å². The summed E-state index contributed by atoms with van der Waals surface area (Å²) in [6.45, 7) is 2.13. The largest absolute Gasteiger partial charge is 0.338 e. The summed E-state index contributed by atoms with van der Waals surface area (Å²) in [5.41, 5.74) is 6.85. The van der Waals surface area contributed by atoms with E-state index in [-0.39, 0.29) is 0 Å². The Labute approximate surface area is 175 Å². The van der Waals surface area contributed by atoms with Crippen molar-refractivity contribution >= 4 is 33.3 Å². The van der Waals surface area contributed by atoms with E-state index in [1.165, 1.54) is 21.6 Å². The fourth-order valence-electron chi connectivity index (χ4n) is 3.80. The summed E-state index contributed by atoms with van der Waals surface area (Å²) in [5.74, 6) is 0. The molecule has 0 spiro atoms. The lowest BCUT2D eigenvalue weighted by Crippen LogP contribution is -1.83. The van der Waals surface area contributed by atoms with Crippen molar-refractivity contribution in [2.75, 3.05) is 0 Å². The second kappa shape index (κ2) is 6.60. The highest BCUT2D eigenvalue weighted by Gasteiger charge is 2.15. The topological polar surface area (TPSA) is 83.1 Å². The van der Waals surface area contributed by atoms with E-state index in [1.807, 2.05) is 30.7 Å². The number of benzene rings is 1. The van der Waals surface area contributed by atoms with Gasteiger partial charge in [0.25, 0.3) is 0 Å². The zero-order valence-corrected chi connectivity index (χ0v) is 16.9. The van der Waals surface area contributed by atoms with Crippen molar-refractivity contribution in [1.82, 2.24) is 30.1 Å². The molecule has 144 valence electrons. The smallest absolute Gasteiger partial charge is 0.138 e. The summed E-state index contributed by atoms with van der Waals surface area (Å²) < 4.78 is 0. The van der Waals surface area contributed by atoms with Crippen LogP contribution in [0.25, 0.3) is 54.9 Å². The van der Waals surface area contributed by atoms with Crippen molar-refractivity contribution in [3.8, 4) is 33.0 Å². The lowest BCUT2D eigenvalue weighted by molar-refractivity contribution is 1.12. The number of hydrogen-bond donors (Lipinski definition) is 2. The summed E-state index contributed by atoms with van der Waals surface area (Å²) in [4.78, 5) is 18.8. The van der Waals surface area contributed by atoms with Crippen LogP contribution in [0.3, 0.4) is 0 Å². The molecule has 2 N–H and O–H groups in total. The van der Waals surface area contributed by atoms with Gasteiger partial charge in [-0.25, -0.2) is 15.0 Å². The summed E-state index contributed by atoms with van der Waals surface area (Å²) >= 11 is 1.79. The molecule has 7 heteroatoms. The molecule has 0 unspecified atom stereocenters. The first kappa shape index (κ1) is 17.1. The lowest BCUT2D eigenvalue weighted by atomic mass is 10.0. The molecule has 0 aliphatic rings. The van der Waals surface area contributed by atoms with Crippen LogP contribution in [0.2, 0.25) is 0 Å². The third kappa shape index (κ3) is 2.71. The maximum absolute atomic E-state index is 4.59. The first-order chi connectivity index (χ1) is 14.8. The van der Waals surface area contributed by atoms with Crippen LogP contribution < -0.4 is 0 Å². The van der Waals surface area contributed by atoms with E-state index in [4.69, 9.17) is 0 Å². The summed E-state index contributed by atoms with van der Waals surface area (Å²) in [5, 5.41) is 9.86. The fraction of sp³-hybridized carbons (Fsp3) is 0.0435. The van der Waals surface area contributed by atoms with Crippen LogP contribution in [0.15, 0.2) is 67.4 Å². The zero-order chi connectivity index (χ0) is 20.1. The molecule has 5 heterocycles. The Morgan fingerprint density at radius 2 is 1.80 bits per heavy atom. The number of aryl methyl sites for hydroxylation is 1. The Morgan fingerprint density at radius 1 is 0.900 bits per heavy atom. The quantitative estimate of drug-likeness (QED) is 0.399. The SMILES string of the molecule is Cc1ccc(-c2ccnc3[nH]c(-c4n[nH]c5ccc(-c6cncnc6)cc45)cc23)s1. The van der Waals surface area contributed by atoms with E-state index in [2.05, 4.69) is 67.4 Å². The van der Waals surface area contributed by atoms with Gasteiger partial charge in [-0.15, -0.1) is 11.3 Å². The summed E-state index contributed by atoms with van der Waals surface area (Å²) in [7, 11) is 0. The second-order valence-corrected chi connectivity index (χ2v) is 8.46. The average molecular weight is 408 g/mol. The Kier molecular flexibility index (Phi) is 3.75. The van der Waals surface area contributed by atoms with Gasteiger partial charge in [0.2, 0.25) is 0 Å². The highest BCUT2D eigenvalue weighted by molar-refractivity contribution is 7.15. The minimum atomic E-state index is 0.859. The van der Waals surface area contributed by atoms with Crippen LogP contribution in [-0.4, -0.2) is 30.1 Å². The predicted octanol–water partition coefficient (Wildman–Crippen LogP) is 5.60. The van der Waals surface area contributed by atoms with E-state index < -0.39 is 0 Å². The highest BCUT2D eigenvalue weighted by atomic mass is 32.1. The molecule has 1 aromatic carbocycles. The average Bonchev–Trinajstić information content (AvgIpc) is 3.51. The van der Waals surface area contributed by atoms with E-state index in [1.54, 1.807) is 11.3 Å². The molecule has 0 saturated heterocycles. The van der Waals surface area contributed by atoms with Crippen molar-refractivity contribution in [3.05, 3.63) is 72.3 Å². The van der Waals surface area contributed by atoms with E-state index in [0.717, 1.165) is 44.5 Å². The van der Waals surface area contributed by atoms with Crippen LogP contribution in [0.1, 0.15) is 4.88 Å². The molecule has 0 radical (unpaired) electrons. The molecule has 0 bridgehead atoms. The molecule has 0 fully saturated rings. The van der Waals surface area contributed by atoms with Crippen LogP contribution >= 0.6 is 11.3 Å². The summed E-state index contributed by atoms with van der Waals surface area (Å²) in [6.07, 6.45) is 7.02. The Hall–Kier alpha value is -3.84. The third-order valence-electron chi connectivity index (χ3n) is 5.25. The number of H-pyrrole nitrogens is 2. The standard InChI is InChI=1S/C23H16N6S/c1-13-2-5-21(30-13)16-6-7-26-23-17(16)9-20(27-23)22-18-8-14(3-4-19(18)28-29-22)15-10-24-12-25-11-15/h2-12H,1H3,(H,26,27)(H,28,29). The third-order valence-corrected chi connectivity index (χ3v) is 6.28. The normalized spacial score (nSPS) is 11.5. The molecule has 0 amide bonds. The van der Waals surface area contributed by atoms with Gasteiger partial charge in [0.15, 0.2) is 0 Å². The van der Waals surface area contributed by atoms with Crippen molar-refractivity contribution in [1.29, 1.82) is 0 Å². The van der Waals surface area contributed by atoms with E-state index >= 15 is 0 Å². The number of pyridine rings is 1. The molecule has 0 atom stereocenters. The second-order valence-electron chi connectivity index (χ2n) is 7.17. The number of nitrogens with one attached hydrogen (secondary N) is 2. The molecule has 6 nitrogen and oxygen atoms in total. The maximum atomic E-state index is 4.59. The van der Waals surface area contributed by atoms with E-state index in [0.29, 0.717) is 0 Å². The lowest BCUT2D eigenvalue weighted by Gasteiger charge is -2.01. The Morgan fingerprint density at radius 3 is 2.63 bits per heavy atom. The van der Waals surface area contributed by atoms with Crippen molar-refractivity contribution in [2.45, 2.75) is 6.92 Å². The number of rotatable bonds is 3. The van der Waals surface area contributed by atoms with Crippen LogP contribution in [-0.2, 0) is 0 Å². The molecule has 0 aliphatic heterocycles. The molecule has 0 saturated carbocycles. The summed E-state index contributed by atoms with van der Waals surface area (Å²) in [6, 6.07) is 14.7. The van der Waals surface area contributed by atoms with Crippen molar-refractivity contribution in [3.63, 3.8) is 0 Å². The first-order valence-electron chi connectivity index (χ1n) is 9.55. The molecular formula is C23H16N6S. The molecule has 6 rings (SSSR count). The predicted molar refractivity (Wildman–Crippen MR) is 120 cm³/mol. The van der Waals surface area contributed by atoms with Gasteiger partial charge in [0.05, 0.1) is 11.2 Å². The number of aromatic nitrogens is 6. The zero-order valence-electron chi connectivity index (χ0n) is 16.0. The molecule has 5 aromatic heterocycles. The molecule has 30 heavy (non-hydrogen) atoms. The number of hydrogen-bond acceptors (Lipinski definition) is 5. The molecular weight excluding hydrogens is 392 g/mol. The molecule has 0 aliphatic carbocycles. The van der Waals surface area contributed by atoms with E-state index in [9.17, 15) is 0 Å². The fourth-order valence-corrected chi connectivity index (χ4v) is 4.70. The van der Waals surface area contributed by atoms with Gasteiger partial charge in [-0.05, 0) is 48.9 Å². The Balaban J connectivity index is 1.52. The van der Waals surface area contributed by atoms with Gasteiger partial charge in [-0.3, -0.25) is 5.10 Å². The van der Waals surface area contributed by atoms with Crippen molar-refractivity contribution < 1.29 is 0 Å². The number of aromatic amines is 2. The monoisotopic (exact) mass is 408 g/mol. The van der Waals surface area contributed by atoms with Gasteiger partial charge in [0, 0.05) is 50.2 Å².